The van der Waals surface area contributed by atoms with Crippen LogP contribution < -0.4 is 15.5 Å². The minimum Gasteiger partial charge on any atom is -0.345 e. The molecule has 26 heavy (non-hydrogen) atoms. The topological polar surface area (TPSA) is 70.2 Å². The van der Waals surface area contributed by atoms with Crippen LogP contribution >= 0.6 is 27.3 Å². The third-order valence-corrected chi connectivity index (χ3v) is 4.85. The van der Waals surface area contributed by atoms with E-state index in [9.17, 15) is 9.18 Å². The van der Waals surface area contributed by atoms with E-state index in [2.05, 4.69) is 36.8 Å². The van der Waals surface area contributed by atoms with Crippen LogP contribution in [0, 0.1) is 5.82 Å². The van der Waals surface area contributed by atoms with Crippen LogP contribution in [0.1, 0.15) is 5.56 Å². The van der Waals surface area contributed by atoms with Gasteiger partial charge in [-0.3, -0.25) is 5.32 Å². The van der Waals surface area contributed by atoms with Crippen LogP contribution in [-0.4, -0.2) is 23.3 Å². The van der Waals surface area contributed by atoms with Crippen molar-refractivity contribution in [3.63, 3.8) is 0 Å². The molecule has 3 aromatic rings. The zero-order valence-electron chi connectivity index (χ0n) is 13.7. The molecule has 2 aromatic carbocycles. The van der Waals surface area contributed by atoms with Crippen LogP contribution in [0.15, 0.2) is 53.0 Å². The molecule has 0 aliphatic carbocycles. The first-order chi connectivity index (χ1) is 12.5. The second-order valence-electron chi connectivity index (χ2n) is 5.43. The van der Waals surface area contributed by atoms with Gasteiger partial charge in [-0.05, 0) is 23.8 Å². The number of hydrogen-bond acceptors (Lipinski definition) is 5. The molecule has 9 heteroatoms. The number of aromatic nitrogens is 2. The normalized spacial score (nSPS) is 10.4. The van der Waals surface area contributed by atoms with Gasteiger partial charge >= 0.3 is 6.03 Å². The maximum atomic E-state index is 13.8. The van der Waals surface area contributed by atoms with E-state index in [4.69, 9.17) is 0 Å². The maximum Gasteiger partial charge on any atom is 0.325 e. The molecule has 0 bridgehead atoms. The molecule has 1 heterocycles. The number of carbonyl (C=O) groups excluding carboxylic acids is 1. The summed E-state index contributed by atoms with van der Waals surface area (Å²) in [5.41, 5.74) is 1.22. The van der Waals surface area contributed by atoms with Gasteiger partial charge in [0.25, 0.3) is 0 Å². The number of nitrogens with zero attached hydrogens (tertiary/aromatic N) is 3. The molecule has 0 aliphatic heterocycles. The maximum absolute atomic E-state index is 13.8. The highest BCUT2D eigenvalue weighted by Gasteiger charge is 2.13. The molecule has 0 radical (unpaired) electrons. The van der Waals surface area contributed by atoms with Gasteiger partial charge in [-0.1, -0.05) is 57.6 Å². The van der Waals surface area contributed by atoms with Crippen LogP contribution in [0.4, 0.5) is 25.1 Å². The van der Waals surface area contributed by atoms with Gasteiger partial charge in [0, 0.05) is 18.1 Å². The van der Waals surface area contributed by atoms with E-state index in [1.54, 1.807) is 6.07 Å². The molecule has 0 unspecified atom stereocenters. The predicted octanol–water partition coefficient (Wildman–Crippen LogP) is 4.72. The summed E-state index contributed by atoms with van der Waals surface area (Å²) in [6.45, 7) is 0.672. The Kier molecular flexibility index (Phi) is 5.79. The minimum atomic E-state index is -0.584. The average molecular weight is 436 g/mol. The summed E-state index contributed by atoms with van der Waals surface area (Å²) in [4.78, 5) is 13.9. The van der Waals surface area contributed by atoms with Crippen LogP contribution in [-0.2, 0) is 6.54 Å². The first-order valence-corrected chi connectivity index (χ1v) is 9.24. The van der Waals surface area contributed by atoms with E-state index in [1.807, 2.05) is 42.3 Å². The summed E-state index contributed by atoms with van der Waals surface area (Å²) in [6, 6.07) is 13.8. The first kappa shape index (κ1) is 18.3. The fourth-order valence-corrected chi connectivity index (χ4v) is 3.22. The zero-order valence-corrected chi connectivity index (χ0v) is 16.1. The first-order valence-electron chi connectivity index (χ1n) is 7.63. The number of carbonyl (C=O) groups is 1. The summed E-state index contributed by atoms with van der Waals surface area (Å²) >= 11 is 4.40. The number of urea groups is 1. The van der Waals surface area contributed by atoms with E-state index in [0.29, 0.717) is 21.3 Å². The van der Waals surface area contributed by atoms with Gasteiger partial charge in [0.1, 0.15) is 5.82 Å². The van der Waals surface area contributed by atoms with E-state index in [1.165, 1.54) is 23.5 Å². The fourth-order valence-electron chi connectivity index (χ4n) is 2.19. The van der Waals surface area contributed by atoms with Crippen LogP contribution in [0.2, 0.25) is 0 Å². The highest BCUT2D eigenvalue weighted by molar-refractivity contribution is 9.10. The number of benzene rings is 2. The molecular formula is C17H15BrFN5OS. The Morgan fingerprint density at radius 1 is 1.19 bits per heavy atom. The van der Waals surface area contributed by atoms with Crippen molar-refractivity contribution in [2.45, 2.75) is 6.54 Å². The van der Waals surface area contributed by atoms with E-state index in [0.717, 1.165) is 5.56 Å². The van der Waals surface area contributed by atoms with Gasteiger partial charge in [0.05, 0.1) is 5.69 Å². The number of halogens is 2. The van der Waals surface area contributed by atoms with Crippen molar-refractivity contribution in [3.8, 4) is 0 Å². The van der Waals surface area contributed by atoms with Crippen molar-refractivity contribution in [1.29, 1.82) is 0 Å². The van der Waals surface area contributed by atoms with Crippen LogP contribution in [0.3, 0.4) is 0 Å². The smallest absolute Gasteiger partial charge is 0.325 e. The SMILES string of the molecule is CN(Cc1ccccc1)c1nnc(NC(=O)Nc2ccc(Br)cc2F)s1. The Hall–Kier alpha value is -2.52. The average Bonchev–Trinajstić information content (AvgIpc) is 3.07. The lowest BCUT2D eigenvalue weighted by molar-refractivity contribution is 0.262. The third-order valence-electron chi connectivity index (χ3n) is 3.40. The van der Waals surface area contributed by atoms with Gasteiger partial charge < -0.3 is 10.2 Å². The molecule has 0 atom stereocenters. The summed E-state index contributed by atoms with van der Waals surface area (Å²) in [5.74, 6) is -0.532. The fraction of sp³-hybridized carbons (Fsp3) is 0.118. The van der Waals surface area contributed by atoms with E-state index in [-0.39, 0.29) is 5.69 Å². The molecule has 0 fully saturated rings. The summed E-state index contributed by atoms with van der Waals surface area (Å²) in [5, 5.41) is 14.0. The number of hydrogen-bond donors (Lipinski definition) is 2. The number of anilines is 3. The van der Waals surface area contributed by atoms with E-state index < -0.39 is 11.8 Å². The van der Waals surface area contributed by atoms with Crippen molar-refractivity contribution >= 4 is 49.2 Å². The number of amides is 2. The van der Waals surface area contributed by atoms with Crippen LogP contribution in [0.5, 0.6) is 0 Å². The van der Waals surface area contributed by atoms with Gasteiger partial charge in [-0.15, -0.1) is 10.2 Å². The highest BCUT2D eigenvalue weighted by atomic mass is 79.9. The molecular weight excluding hydrogens is 421 g/mol. The highest BCUT2D eigenvalue weighted by Crippen LogP contribution is 2.25. The van der Waals surface area contributed by atoms with Crippen molar-refractivity contribution < 1.29 is 9.18 Å². The standard InChI is InChI=1S/C17H15BrFN5OS/c1-24(10-11-5-3-2-4-6-11)17-23-22-16(26-17)21-15(25)20-14-8-7-12(18)9-13(14)19/h2-9H,10H2,1H3,(H2,20,21,22,25). The lowest BCUT2D eigenvalue weighted by atomic mass is 10.2. The summed E-state index contributed by atoms with van der Waals surface area (Å²) in [6.07, 6.45) is 0. The Labute approximate surface area is 162 Å². The molecule has 1 aromatic heterocycles. The Bertz CT molecular complexity index is 905. The van der Waals surface area contributed by atoms with E-state index >= 15 is 0 Å². The summed E-state index contributed by atoms with van der Waals surface area (Å²) < 4.78 is 14.4. The van der Waals surface area contributed by atoms with Crippen molar-refractivity contribution in [2.75, 3.05) is 22.6 Å². The second-order valence-corrected chi connectivity index (χ2v) is 7.31. The predicted molar refractivity (Wildman–Crippen MR) is 105 cm³/mol. The lowest BCUT2D eigenvalue weighted by Gasteiger charge is -2.14. The van der Waals surface area contributed by atoms with Gasteiger partial charge in [0.2, 0.25) is 10.3 Å². The Morgan fingerprint density at radius 3 is 2.69 bits per heavy atom. The molecule has 6 nitrogen and oxygen atoms in total. The van der Waals surface area contributed by atoms with Crippen LogP contribution in [0.25, 0.3) is 0 Å². The zero-order chi connectivity index (χ0) is 18.5. The molecule has 3 rings (SSSR count). The van der Waals surface area contributed by atoms with Crippen molar-refractivity contribution in [1.82, 2.24) is 10.2 Å². The molecule has 2 amide bonds. The monoisotopic (exact) mass is 435 g/mol. The molecule has 0 spiro atoms. The molecule has 0 saturated carbocycles. The largest absolute Gasteiger partial charge is 0.345 e. The number of nitrogens with one attached hydrogen (secondary N) is 2. The Morgan fingerprint density at radius 2 is 1.96 bits per heavy atom. The van der Waals surface area contributed by atoms with Gasteiger partial charge in [-0.2, -0.15) is 0 Å². The lowest BCUT2D eigenvalue weighted by Crippen LogP contribution is -2.20. The van der Waals surface area contributed by atoms with Crippen molar-refractivity contribution in [3.05, 3.63) is 64.4 Å². The molecule has 2 N–H and O–H groups in total. The number of rotatable bonds is 5. The molecule has 0 aliphatic rings. The third kappa shape index (κ3) is 4.77. The molecule has 0 saturated heterocycles. The summed E-state index contributed by atoms with van der Waals surface area (Å²) in [7, 11) is 1.90. The second kappa shape index (κ2) is 8.24. The Balaban J connectivity index is 1.60. The minimum absolute atomic E-state index is 0.0802. The quantitative estimate of drug-likeness (QED) is 0.607. The molecule has 134 valence electrons. The van der Waals surface area contributed by atoms with Gasteiger partial charge in [0.15, 0.2) is 0 Å². The van der Waals surface area contributed by atoms with Crippen molar-refractivity contribution in [2.24, 2.45) is 0 Å². The van der Waals surface area contributed by atoms with Gasteiger partial charge in [-0.25, -0.2) is 9.18 Å².